The van der Waals surface area contributed by atoms with Gasteiger partial charge in [0.2, 0.25) is 0 Å². The molecule has 1 amide bonds. The maximum absolute atomic E-state index is 13.0. The normalized spacial score (nSPS) is 14.8. The van der Waals surface area contributed by atoms with Gasteiger partial charge in [0.15, 0.2) is 5.82 Å². The molecule has 2 N–H and O–H groups in total. The predicted octanol–water partition coefficient (Wildman–Crippen LogP) is 3.11. The number of aromatic nitrogens is 4. The molecule has 8 heteroatoms. The third-order valence-corrected chi connectivity index (χ3v) is 5.06. The molecular weight excluding hydrogens is 368 g/mol. The van der Waals surface area contributed by atoms with Gasteiger partial charge in [-0.25, -0.2) is 0 Å². The van der Waals surface area contributed by atoms with Gasteiger partial charge in [-0.2, -0.15) is 5.10 Å². The van der Waals surface area contributed by atoms with Gasteiger partial charge in [0.25, 0.3) is 5.91 Å². The Labute approximate surface area is 166 Å². The average molecular weight is 388 g/mol. The lowest BCUT2D eigenvalue weighted by Crippen LogP contribution is -2.33. The van der Waals surface area contributed by atoms with E-state index >= 15 is 0 Å². The standard InChI is InChI=1S/C21H20N6O2/c28-21(27-9-2-11-29-12-10-27)18-16-5-4-15(13-14(16)6-8-23-18)24-20-19-17(25-26-20)3-1-7-22-19/h1,3-8,13H,2,9-12H2,(H2,24,25,26). The fourth-order valence-electron chi connectivity index (χ4n) is 3.60. The molecule has 8 nitrogen and oxygen atoms in total. The van der Waals surface area contributed by atoms with Crippen LogP contribution in [0.5, 0.6) is 0 Å². The number of rotatable bonds is 3. The zero-order valence-electron chi connectivity index (χ0n) is 15.8. The van der Waals surface area contributed by atoms with Crippen molar-refractivity contribution in [3.05, 3.63) is 54.5 Å². The number of nitrogens with zero attached hydrogens (tertiary/aromatic N) is 4. The first-order valence-electron chi connectivity index (χ1n) is 9.61. The van der Waals surface area contributed by atoms with Crippen molar-refractivity contribution < 1.29 is 9.53 Å². The lowest BCUT2D eigenvalue weighted by atomic mass is 10.1. The highest BCUT2D eigenvalue weighted by Crippen LogP contribution is 2.26. The number of ether oxygens (including phenoxy) is 1. The molecule has 1 aliphatic heterocycles. The van der Waals surface area contributed by atoms with Crippen molar-refractivity contribution in [1.82, 2.24) is 25.1 Å². The van der Waals surface area contributed by atoms with Crippen LogP contribution in [0.2, 0.25) is 0 Å². The van der Waals surface area contributed by atoms with E-state index < -0.39 is 0 Å². The van der Waals surface area contributed by atoms with Crippen LogP contribution >= 0.6 is 0 Å². The first-order valence-corrected chi connectivity index (χ1v) is 9.61. The Morgan fingerprint density at radius 1 is 1.10 bits per heavy atom. The highest BCUT2D eigenvalue weighted by atomic mass is 16.5. The summed E-state index contributed by atoms with van der Waals surface area (Å²) in [6.07, 6.45) is 4.26. The molecule has 4 aromatic rings. The highest BCUT2D eigenvalue weighted by molar-refractivity contribution is 6.06. The van der Waals surface area contributed by atoms with E-state index in [0.29, 0.717) is 37.8 Å². The van der Waals surface area contributed by atoms with Gasteiger partial charge in [-0.1, -0.05) is 0 Å². The molecule has 1 aliphatic rings. The summed E-state index contributed by atoms with van der Waals surface area (Å²) in [4.78, 5) is 23.6. The average Bonchev–Trinajstić information content (AvgIpc) is 2.97. The number of fused-ring (bicyclic) bond motifs is 2. The number of aromatic amines is 1. The number of benzene rings is 1. The minimum atomic E-state index is -0.0516. The third kappa shape index (κ3) is 3.38. The Morgan fingerprint density at radius 3 is 3.03 bits per heavy atom. The molecule has 29 heavy (non-hydrogen) atoms. The lowest BCUT2D eigenvalue weighted by molar-refractivity contribution is 0.0737. The first-order chi connectivity index (χ1) is 14.3. The van der Waals surface area contributed by atoms with Crippen molar-refractivity contribution in [2.75, 3.05) is 31.6 Å². The van der Waals surface area contributed by atoms with Crippen molar-refractivity contribution in [2.45, 2.75) is 6.42 Å². The quantitative estimate of drug-likeness (QED) is 0.560. The minimum absolute atomic E-state index is 0.0516. The fourth-order valence-corrected chi connectivity index (χ4v) is 3.60. The van der Waals surface area contributed by atoms with Crippen LogP contribution in [0.4, 0.5) is 11.5 Å². The molecule has 5 rings (SSSR count). The molecule has 3 aromatic heterocycles. The number of anilines is 2. The monoisotopic (exact) mass is 388 g/mol. The first kappa shape index (κ1) is 17.6. The largest absolute Gasteiger partial charge is 0.380 e. The van der Waals surface area contributed by atoms with Gasteiger partial charge >= 0.3 is 0 Å². The van der Waals surface area contributed by atoms with Gasteiger partial charge in [0.05, 0.1) is 12.1 Å². The third-order valence-electron chi connectivity index (χ3n) is 5.06. The number of hydrogen-bond acceptors (Lipinski definition) is 6. The number of amides is 1. The van der Waals surface area contributed by atoms with Crippen molar-refractivity contribution in [3.63, 3.8) is 0 Å². The topological polar surface area (TPSA) is 96.0 Å². The summed E-state index contributed by atoms with van der Waals surface area (Å²) in [6.45, 7) is 2.54. The van der Waals surface area contributed by atoms with E-state index in [4.69, 9.17) is 4.74 Å². The van der Waals surface area contributed by atoms with Gasteiger partial charge in [-0.05, 0) is 48.2 Å². The second-order valence-electron chi connectivity index (χ2n) is 6.95. The SMILES string of the molecule is O=C(c1nccc2cc(Nc3n[nH]c4cccnc34)ccc12)N1CCCOCC1. The van der Waals surface area contributed by atoms with Gasteiger partial charge in [0, 0.05) is 43.2 Å². The highest BCUT2D eigenvalue weighted by Gasteiger charge is 2.20. The van der Waals surface area contributed by atoms with Gasteiger partial charge in [-0.15, -0.1) is 0 Å². The Balaban J connectivity index is 1.46. The molecule has 1 saturated heterocycles. The van der Waals surface area contributed by atoms with E-state index in [1.54, 1.807) is 12.4 Å². The Bertz CT molecular complexity index is 1180. The van der Waals surface area contributed by atoms with E-state index in [1.807, 2.05) is 41.3 Å². The molecule has 0 atom stereocenters. The predicted molar refractivity (Wildman–Crippen MR) is 110 cm³/mol. The van der Waals surface area contributed by atoms with Crippen LogP contribution in [-0.4, -0.2) is 57.3 Å². The minimum Gasteiger partial charge on any atom is -0.380 e. The van der Waals surface area contributed by atoms with Crippen LogP contribution in [0.1, 0.15) is 16.9 Å². The summed E-state index contributed by atoms with van der Waals surface area (Å²) >= 11 is 0. The molecule has 1 aromatic carbocycles. The van der Waals surface area contributed by atoms with E-state index in [-0.39, 0.29) is 5.91 Å². The number of pyridine rings is 2. The maximum atomic E-state index is 13.0. The van der Waals surface area contributed by atoms with Crippen LogP contribution in [-0.2, 0) is 4.74 Å². The molecular formula is C21H20N6O2. The summed E-state index contributed by atoms with van der Waals surface area (Å²) in [6, 6.07) is 11.5. The fraction of sp³-hybridized carbons (Fsp3) is 0.238. The zero-order valence-corrected chi connectivity index (χ0v) is 15.8. The number of nitrogens with one attached hydrogen (secondary N) is 2. The van der Waals surface area contributed by atoms with Crippen LogP contribution < -0.4 is 5.32 Å². The Kier molecular flexibility index (Phi) is 4.53. The zero-order chi connectivity index (χ0) is 19.6. The molecule has 1 fully saturated rings. The van der Waals surface area contributed by atoms with Crippen LogP contribution in [0.25, 0.3) is 21.8 Å². The van der Waals surface area contributed by atoms with Crippen molar-refractivity contribution in [3.8, 4) is 0 Å². The van der Waals surface area contributed by atoms with E-state index in [1.165, 1.54) is 0 Å². The van der Waals surface area contributed by atoms with Crippen LogP contribution in [0.3, 0.4) is 0 Å². The summed E-state index contributed by atoms with van der Waals surface area (Å²) in [5, 5.41) is 12.3. The molecule has 146 valence electrons. The second kappa shape index (κ2) is 7.48. The second-order valence-corrected chi connectivity index (χ2v) is 6.95. The van der Waals surface area contributed by atoms with Gasteiger partial charge in [-0.3, -0.25) is 19.9 Å². The van der Waals surface area contributed by atoms with Crippen molar-refractivity contribution in [2.24, 2.45) is 0 Å². The Morgan fingerprint density at radius 2 is 2.07 bits per heavy atom. The molecule has 0 saturated carbocycles. The van der Waals surface area contributed by atoms with Gasteiger partial charge in [0.1, 0.15) is 11.2 Å². The summed E-state index contributed by atoms with van der Waals surface area (Å²) in [7, 11) is 0. The maximum Gasteiger partial charge on any atom is 0.273 e. The van der Waals surface area contributed by atoms with Crippen molar-refractivity contribution >= 4 is 39.2 Å². The van der Waals surface area contributed by atoms with E-state index in [9.17, 15) is 4.79 Å². The molecule has 0 spiro atoms. The summed E-state index contributed by atoms with van der Waals surface area (Å²) in [5.74, 6) is 0.610. The number of hydrogen-bond donors (Lipinski definition) is 2. The number of carbonyl (C=O) groups is 1. The molecule has 0 bridgehead atoms. The van der Waals surface area contributed by atoms with E-state index in [2.05, 4.69) is 25.5 Å². The Hall–Kier alpha value is -3.52. The van der Waals surface area contributed by atoms with Crippen molar-refractivity contribution in [1.29, 1.82) is 0 Å². The smallest absolute Gasteiger partial charge is 0.273 e. The number of H-pyrrole nitrogens is 1. The molecule has 0 aliphatic carbocycles. The molecule has 0 unspecified atom stereocenters. The van der Waals surface area contributed by atoms with E-state index in [0.717, 1.165) is 33.9 Å². The van der Waals surface area contributed by atoms with Gasteiger partial charge < -0.3 is 15.0 Å². The number of carbonyl (C=O) groups excluding carboxylic acids is 1. The molecule has 0 radical (unpaired) electrons. The molecule has 4 heterocycles. The van der Waals surface area contributed by atoms with Crippen LogP contribution in [0, 0.1) is 0 Å². The summed E-state index contributed by atoms with van der Waals surface area (Å²) < 4.78 is 5.46. The summed E-state index contributed by atoms with van der Waals surface area (Å²) in [5.41, 5.74) is 2.99. The van der Waals surface area contributed by atoms with Crippen LogP contribution in [0.15, 0.2) is 48.8 Å². The lowest BCUT2D eigenvalue weighted by Gasteiger charge is -2.20.